The van der Waals surface area contributed by atoms with Crippen molar-refractivity contribution in [2.24, 2.45) is 0 Å². The molecule has 1 heterocycles. The van der Waals surface area contributed by atoms with Crippen molar-refractivity contribution in [3.63, 3.8) is 0 Å². The Kier molecular flexibility index (Phi) is 5.11. The van der Waals surface area contributed by atoms with Gasteiger partial charge in [0.15, 0.2) is 13.2 Å². The van der Waals surface area contributed by atoms with Crippen molar-refractivity contribution < 1.29 is 9.69 Å². The van der Waals surface area contributed by atoms with Gasteiger partial charge in [0.05, 0.1) is 13.6 Å². The second kappa shape index (κ2) is 7.27. The molecular weight excluding hydrogens is 322 g/mol. The molecule has 24 heavy (non-hydrogen) atoms. The van der Waals surface area contributed by atoms with E-state index >= 15 is 0 Å². The molecule has 1 atom stereocenters. The first-order valence-corrected chi connectivity index (χ1v) is 8.72. The Morgan fingerprint density at radius 3 is 2.75 bits per heavy atom. The fourth-order valence-corrected chi connectivity index (χ4v) is 2.99. The van der Waals surface area contributed by atoms with Crippen molar-refractivity contribution in [1.29, 1.82) is 0 Å². The van der Waals surface area contributed by atoms with Crippen LogP contribution in [0, 0.1) is 11.7 Å². The van der Waals surface area contributed by atoms with Crippen LogP contribution >= 0.6 is 12.2 Å². The second-order valence-corrected chi connectivity index (χ2v) is 6.90. The van der Waals surface area contributed by atoms with Gasteiger partial charge in [-0.2, -0.15) is 9.78 Å². The Hall–Kier alpha value is -1.99. The van der Waals surface area contributed by atoms with E-state index in [0.717, 1.165) is 23.6 Å². The van der Waals surface area contributed by atoms with Crippen LogP contribution < -0.4 is 10.2 Å². The van der Waals surface area contributed by atoms with Crippen LogP contribution in [0.2, 0.25) is 0 Å². The number of carbonyl (C=O) groups is 1. The van der Waals surface area contributed by atoms with E-state index in [1.54, 1.807) is 0 Å². The van der Waals surface area contributed by atoms with Crippen LogP contribution in [-0.2, 0) is 18.0 Å². The number of quaternary nitrogens is 1. The number of rotatable bonds is 7. The number of aromatic nitrogens is 3. The molecule has 128 valence electrons. The number of amides is 1. The van der Waals surface area contributed by atoms with Crippen LogP contribution in [0.4, 0.5) is 0 Å². The molecule has 0 bridgehead atoms. The molecule has 7 heteroatoms. The van der Waals surface area contributed by atoms with Crippen LogP contribution in [0.3, 0.4) is 0 Å². The van der Waals surface area contributed by atoms with Gasteiger partial charge in [0, 0.05) is 6.04 Å². The lowest BCUT2D eigenvalue weighted by atomic mass is 10.2. The van der Waals surface area contributed by atoms with Gasteiger partial charge in [-0.3, -0.25) is 9.36 Å². The summed E-state index contributed by atoms with van der Waals surface area (Å²) in [4.78, 5) is 13.0. The molecule has 0 spiro atoms. The van der Waals surface area contributed by atoms with Crippen LogP contribution in [0.5, 0.6) is 0 Å². The minimum absolute atomic E-state index is 0.0990. The predicted molar refractivity (Wildman–Crippen MR) is 94.3 cm³/mol. The van der Waals surface area contributed by atoms with Crippen molar-refractivity contribution in [3.05, 3.63) is 46.5 Å². The highest BCUT2D eigenvalue weighted by Gasteiger charge is 2.24. The van der Waals surface area contributed by atoms with Crippen molar-refractivity contribution in [2.45, 2.75) is 39.0 Å². The number of carbonyl (C=O) groups excluding carboxylic acids is 1. The third kappa shape index (κ3) is 4.30. The zero-order chi connectivity index (χ0) is 17.1. The van der Waals surface area contributed by atoms with Crippen LogP contribution in [0.25, 0.3) is 0 Å². The van der Waals surface area contributed by atoms with Crippen molar-refractivity contribution in [2.75, 3.05) is 13.6 Å². The number of hydrogen-bond acceptors (Lipinski definition) is 3. The van der Waals surface area contributed by atoms with Crippen molar-refractivity contribution >= 4 is 18.1 Å². The molecule has 2 N–H and O–H groups in total. The first kappa shape index (κ1) is 16.9. The van der Waals surface area contributed by atoms with Crippen LogP contribution in [0.15, 0.2) is 30.3 Å². The molecule has 1 saturated carbocycles. The van der Waals surface area contributed by atoms with Crippen LogP contribution in [0.1, 0.15) is 24.2 Å². The van der Waals surface area contributed by atoms with Gasteiger partial charge in [0.2, 0.25) is 4.77 Å². The fourth-order valence-electron chi connectivity index (χ4n) is 2.69. The van der Waals surface area contributed by atoms with E-state index in [-0.39, 0.29) is 5.91 Å². The Morgan fingerprint density at radius 1 is 1.38 bits per heavy atom. The molecule has 3 rings (SSSR count). The monoisotopic (exact) mass is 346 g/mol. The van der Waals surface area contributed by atoms with E-state index < -0.39 is 0 Å². The molecule has 0 radical (unpaired) electrons. The van der Waals surface area contributed by atoms with Crippen LogP contribution in [-0.4, -0.2) is 39.9 Å². The van der Waals surface area contributed by atoms with E-state index in [2.05, 4.69) is 22.5 Å². The minimum Gasteiger partial charge on any atom is -0.348 e. The van der Waals surface area contributed by atoms with Gasteiger partial charge in [-0.25, -0.2) is 0 Å². The third-order valence-corrected chi connectivity index (χ3v) is 4.55. The van der Waals surface area contributed by atoms with Gasteiger partial charge in [0.1, 0.15) is 5.82 Å². The highest BCUT2D eigenvalue weighted by molar-refractivity contribution is 7.71. The molecule has 1 fully saturated rings. The zero-order valence-electron chi connectivity index (χ0n) is 14.2. The number of aryl methyl sites for hydroxylation is 1. The highest BCUT2D eigenvalue weighted by Crippen LogP contribution is 2.18. The molecule has 0 aliphatic heterocycles. The van der Waals surface area contributed by atoms with Gasteiger partial charge in [-0.15, -0.1) is 0 Å². The number of benzene rings is 1. The van der Waals surface area contributed by atoms with E-state index in [4.69, 9.17) is 12.2 Å². The molecule has 1 aliphatic rings. The summed E-state index contributed by atoms with van der Waals surface area (Å²) < 4.78 is 4.54. The minimum atomic E-state index is 0.0990. The molecule has 2 aromatic rings. The van der Waals surface area contributed by atoms with E-state index in [1.165, 1.54) is 5.56 Å². The fraction of sp³-hybridized carbons (Fsp3) is 0.471. The standard InChI is InChI=1S/C17H23N5OS/c1-13-19-22(12-20(2)11-16(23)18-15-8-9-15)17(24)21(13)10-14-6-4-3-5-7-14/h3-7,15H,8-12H2,1-2H3,(H,18,23)/p+1. The maximum Gasteiger partial charge on any atom is 0.275 e. The molecule has 1 aromatic heterocycles. The number of nitrogens with one attached hydrogen (secondary N) is 2. The second-order valence-electron chi connectivity index (χ2n) is 6.53. The topological polar surface area (TPSA) is 56.3 Å². The molecule has 6 nitrogen and oxygen atoms in total. The summed E-state index contributed by atoms with van der Waals surface area (Å²) in [6.07, 6.45) is 2.22. The van der Waals surface area contributed by atoms with E-state index in [0.29, 0.717) is 30.6 Å². The lowest BCUT2D eigenvalue weighted by molar-refractivity contribution is -0.895. The van der Waals surface area contributed by atoms with Gasteiger partial charge in [-0.1, -0.05) is 30.3 Å². The molecule has 1 unspecified atom stereocenters. The Bertz CT molecular complexity index is 763. The van der Waals surface area contributed by atoms with Gasteiger partial charge < -0.3 is 10.2 Å². The van der Waals surface area contributed by atoms with Gasteiger partial charge >= 0.3 is 0 Å². The normalized spacial score (nSPS) is 15.2. The Morgan fingerprint density at radius 2 is 2.08 bits per heavy atom. The summed E-state index contributed by atoms with van der Waals surface area (Å²) >= 11 is 5.57. The van der Waals surface area contributed by atoms with Gasteiger partial charge in [-0.05, 0) is 37.5 Å². The molecule has 0 saturated heterocycles. The number of hydrogen-bond donors (Lipinski definition) is 2. The highest BCUT2D eigenvalue weighted by atomic mass is 32.1. The number of likely N-dealkylation sites (N-methyl/N-ethyl adjacent to an activating group) is 1. The molecule has 1 amide bonds. The first-order valence-electron chi connectivity index (χ1n) is 8.32. The average molecular weight is 346 g/mol. The van der Waals surface area contributed by atoms with Gasteiger partial charge in [0.25, 0.3) is 5.91 Å². The van der Waals surface area contributed by atoms with E-state index in [1.807, 2.05) is 41.4 Å². The maximum atomic E-state index is 11.9. The summed E-state index contributed by atoms with van der Waals surface area (Å²) in [5, 5.41) is 7.56. The summed E-state index contributed by atoms with van der Waals surface area (Å²) in [6.45, 7) is 3.69. The predicted octanol–water partition coefficient (Wildman–Crippen LogP) is 0.522. The SMILES string of the molecule is Cc1nn(C[NH+](C)CC(=O)NC2CC2)c(=S)n1Cc1ccccc1. The summed E-state index contributed by atoms with van der Waals surface area (Å²) in [6, 6.07) is 10.6. The zero-order valence-corrected chi connectivity index (χ0v) is 15.0. The maximum absolute atomic E-state index is 11.9. The number of nitrogens with zero attached hydrogens (tertiary/aromatic N) is 3. The summed E-state index contributed by atoms with van der Waals surface area (Å²) in [5.74, 6) is 0.987. The lowest BCUT2D eigenvalue weighted by Gasteiger charge is -2.13. The molecule has 1 aliphatic carbocycles. The molecule has 1 aromatic carbocycles. The third-order valence-electron chi connectivity index (χ3n) is 4.12. The summed E-state index contributed by atoms with van der Waals surface area (Å²) in [7, 11) is 1.99. The van der Waals surface area contributed by atoms with Crippen molar-refractivity contribution in [1.82, 2.24) is 19.7 Å². The molecular formula is C17H24N5OS+. The largest absolute Gasteiger partial charge is 0.348 e. The Labute approximate surface area is 147 Å². The quantitative estimate of drug-likeness (QED) is 0.719. The average Bonchev–Trinajstić information content (AvgIpc) is 3.31. The van der Waals surface area contributed by atoms with Crippen molar-refractivity contribution in [3.8, 4) is 0 Å². The summed E-state index contributed by atoms with van der Waals surface area (Å²) in [5.41, 5.74) is 1.20. The smallest absolute Gasteiger partial charge is 0.275 e. The Balaban J connectivity index is 1.64. The van der Waals surface area contributed by atoms with E-state index in [9.17, 15) is 4.79 Å². The lowest BCUT2D eigenvalue weighted by Crippen LogP contribution is -3.09. The first-order chi connectivity index (χ1) is 11.5.